The summed E-state index contributed by atoms with van der Waals surface area (Å²) in [6, 6.07) is 6.29. The second-order valence-electron chi connectivity index (χ2n) is 7.04. The molecule has 1 aliphatic carbocycles. The van der Waals surface area contributed by atoms with Crippen LogP contribution in [0.25, 0.3) is 0 Å². The van der Waals surface area contributed by atoms with E-state index in [1.54, 1.807) is 0 Å². The van der Waals surface area contributed by atoms with Crippen LogP contribution in [0.2, 0.25) is 0 Å². The number of para-hydroxylation sites is 1. The molecule has 2 unspecified atom stereocenters. The van der Waals surface area contributed by atoms with Crippen LogP contribution in [0.3, 0.4) is 0 Å². The van der Waals surface area contributed by atoms with Gasteiger partial charge in [-0.25, -0.2) is 0 Å². The first-order valence-electron chi connectivity index (χ1n) is 9.18. The second kappa shape index (κ2) is 5.99. The van der Waals surface area contributed by atoms with Gasteiger partial charge in [0.15, 0.2) is 12.6 Å². The highest BCUT2D eigenvalue weighted by atomic mass is 16.8. The van der Waals surface area contributed by atoms with Crippen LogP contribution < -0.4 is 4.74 Å². The summed E-state index contributed by atoms with van der Waals surface area (Å²) in [6.45, 7) is 3.33. The standard InChI is InChI=1S/C19H24O5/c1-2-20-19(24-15-8-3-4-9-21-15)12-7-5-6-11-16-13(22-17(11)12)10-14-18(16)23-14/h5-7,13-16,18-19H,2-4,8-10H2,1H3/t13-,14-,15?,16-,18-,19?/m1/s1. The van der Waals surface area contributed by atoms with Crippen molar-refractivity contribution in [1.82, 2.24) is 0 Å². The Morgan fingerprint density at radius 1 is 1.25 bits per heavy atom. The highest BCUT2D eigenvalue weighted by Crippen LogP contribution is 2.57. The van der Waals surface area contributed by atoms with E-state index in [0.717, 1.165) is 43.6 Å². The van der Waals surface area contributed by atoms with Crippen molar-refractivity contribution in [2.45, 2.75) is 69.4 Å². The van der Waals surface area contributed by atoms with Gasteiger partial charge >= 0.3 is 0 Å². The van der Waals surface area contributed by atoms with Crippen LogP contribution in [0.15, 0.2) is 18.2 Å². The predicted octanol–water partition coefficient (Wildman–Crippen LogP) is 3.28. The summed E-state index contributed by atoms with van der Waals surface area (Å²) in [5.74, 6) is 1.31. The molecule has 130 valence electrons. The van der Waals surface area contributed by atoms with E-state index in [2.05, 4.69) is 12.1 Å². The summed E-state index contributed by atoms with van der Waals surface area (Å²) < 4.78 is 29.8. The fourth-order valence-corrected chi connectivity index (χ4v) is 4.37. The first kappa shape index (κ1) is 15.1. The number of rotatable bonds is 5. The largest absolute Gasteiger partial charge is 0.489 e. The molecule has 0 aromatic heterocycles. The lowest BCUT2D eigenvalue weighted by Crippen LogP contribution is -2.26. The Morgan fingerprint density at radius 3 is 3.04 bits per heavy atom. The van der Waals surface area contributed by atoms with Crippen molar-refractivity contribution in [3.05, 3.63) is 29.3 Å². The quantitative estimate of drug-likeness (QED) is 0.612. The summed E-state index contributed by atoms with van der Waals surface area (Å²) in [5, 5.41) is 0. The summed E-state index contributed by atoms with van der Waals surface area (Å²) >= 11 is 0. The average Bonchev–Trinajstić information content (AvgIpc) is 3.11. The van der Waals surface area contributed by atoms with E-state index in [1.165, 1.54) is 5.56 Å². The van der Waals surface area contributed by atoms with Crippen molar-refractivity contribution in [3.63, 3.8) is 0 Å². The third-order valence-corrected chi connectivity index (χ3v) is 5.53. The van der Waals surface area contributed by atoms with Gasteiger partial charge < -0.3 is 23.7 Å². The Labute approximate surface area is 142 Å². The van der Waals surface area contributed by atoms with Crippen molar-refractivity contribution in [2.75, 3.05) is 13.2 Å². The van der Waals surface area contributed by atoms with E-state index < -0.39 is 6.29 Å². The van der Waals surface area contributed by atoms with Crippen LogP contribution in [0.1, 0.15) is 55.9 Å². The van der Waals surface area contributed by atoms with Gasteiger partial charge in [0.05, 0.1) is 23.7 Å². The molecule has 1 aromatic carbocycles. The van der Waals surface area contributed by atoms with Crippen molar-refractivity contribution >= 4 is 0 Å². The molecule has 0 radical (unpaired) electrons. The SMILES string of the molecule is CCOC(OC1CCCCO1)c1cccc2c1O[C@@H]1C[C@H]3O[C@H]3[C@H]21. The highest BCUT2D eigenvalue weighted by molar-refractivity contribution is 5.50. The molecule has 24 heavy (non-hydrogen) atoms. The van der Waals surface area contributed by atoms with Crippen LogP contribution >= 0.6 is 0 Å². The number of hydrogen-bond donors (Lipinski definition) is 0. The Balaban J connectivity index is 1.42. The van der Waals surface area contributed by atoms with Gasteiger partial charge in [-0.15, -0.1) is 0 Å². The lowest BCUT2D eigenvalue weighted by atomic mass is 9.95. The first-order valence-corrected chi connectivity index (χ1v) is 9.18. The number of fused-ring (bicyclic) bond motifs is 5. The number of benzene rings is 1. The predicted molar refractivity (Wildman–Crippen MR) is 85.9 cm³/mol. The van der Waals surface area contributed by atoms with Gasteiger partial charge in [-0.2, -0.15) is 0 Å². The number of hydrogen-bond acceptors (Lipinski definition) is 5. The Bertz CT molecular complexity index is 612. The van der Waals surface area contributed by atoms with E-state index >= 15 is 0 Å². The molecule has 3 aliphatic heterocycles. The van der Waals surface area contributed by atoms with Gasteiger partial charge in [0.2, 0.25) is 0 Å². The summed E-state index contributed by atoms with van der Waals surface area (Å²) in [7, 11) is 0. The van der Waals surface area contributed by atoms with E-state index in [-0.39, 0.29) is 12.4 Å². The minimum Gasteiger partial charge on any atom is -0.489 e. The maximum atomic E-state index is 6.30. The zero-order valence-electron chi connectivity index (χ0n) is 14.0. The third kappa shape index (κ3) is 2.46. The first-order chi connectivity index (χ1) is 11.8. The normalized spacial score (nSPS) is 37.3. The van der Waals surface area contributed by atoms with E-state index in [4.69, 9.17) is 23.7 Å². The molecule has 5 nitrogen and oxygen atoms in total. The molecule has 5 heteroatoms. The van der Waals surface area contributed by atoms with Crippen molar-refractivity contribution in [1.29, 1.82) is 0 Å². The molecule has 6 atom stereocenters. The molecular formula is C19H24O5. The van der Waals surface area contributed by atoms with Crippen molar-refractivity contribution in [3.8, 4) is 5.75 Å². The molecule has 2 saturated heterocycles. The molecular weight excluding hydrogens is 308 g/mol. The summed E-state index contributed by atoms with van der Waals surface area (Å²) in [5.41, 5.74) is 2.23. The van der Waals surface area contributed by atoms with Crippen LogP contribution in [0.5, 0.6) is 5.75 Å². The van der Waals surface area contributed by atoms with E-state index in [1.807, 2.05) is 13.0 Å². The average molecular weight is 332 g/mol. The molecule has 1 aromatic rings. The van der Waals surface area contributed by atoms with Gasteiger partial charge in [-0.05, 0) is 26.2 Å². The van der Waals surface area contributed by atoms with Crippen molar-refractivity contribution < 1.29 is 23.7 Å². The maximum absolute atomic E-state index is 6.30. The fraction of sp³-hybridized carbons (Fsp3) is 0.684. The van der Waals surface area contributed by atoms with Gasteiger partial charge in [-0.3, -0.25) is 0 Å². The molecule has 0 bridgehead atoms. The van der Waals surface area contributed by atoms with Gasteiger partial charge in [0.25, 0.3) is 0 Å². The Hall–Kier alpha value is -1.14. The van der Waals surface area contributed by atoms with Crippen LogP contribution in [-0.2, 0) is 18.9 Å². The smallest absolute Gasteiger partial charge is 0.190 e. The van der Waals surface area contributed by atoms with E-state index in [0.29, 0.717) is 24.7 Å². The molecule has 3 fully saturated rings. The minimum atomic E-state index is -0.442. The highest BCUT2D eigenvalue weighted by Gasteiger charge is 2.60. The molecule has 3 heterocycles. The van der Waals surface area contributed by atoms with Crippen LogP contribution in [-0.4, -0.2) is 37.8 Å². The number of epoxide rings is 1. The number of ether oxygens (including phenoxy) is 5. The minimum absolute atomic E-state index is 0.191. The molecule has 1 saturated carbocycles. The molecule has 4 aliphatic rings. The zero-order chi connectivity index (χ0) is 16.1. The summed E-state index contributed by atoms with van der Waals surface area (Å²) in [4.78, 5) is 0. The van der Waals surface area contributed by atoms with E-state index in [9.17, 15) is 0 Å². The van der Waals surface area contributed by atoms with Gasteiger partial charge in [0.1, 0.15) is 11.9 Å². The molecule has 0 spiro atoms. The Morgan fingerprint density at radius 2 is 2.21 bits per heavy atom. The van der Waals surface area contributed by atoms with Crippen LogP contribution in [0.4, 0.5) is 0 Å². The van der Waals surface area contributed by atoms with Gasteiger partial charge in [-0.1, -0.05) is 18.2 Å². The Kier molecular flexibility index (Phi) is 3.78. The fourth-order valence-electron chi connectivity index (χ4n) is 4.37. The second-order valence-corrected chi connectivity index (χ2v) is 7.04. The lowest BCUT2D eigenvalue weighted by molar-refractivity contribution is -0.258. The molecule has 0 amide bonds. The van der Waals surface area contributed by atoms with Crippen molar-refractivity contribution in [2.24, 2.45) is 0 Å². The monoisotopic (exact) mass is 332 g/mol. The topological polar surface area (TPSA) is 49.5 Å². The maximum Gasteiger partial charge on any atom is 0.190 e. The van der Waals surface area contributed by atoms with Crippen LogP contribution in [0, 0.1) is 0 Å². The zero-order valence-corrected chi connectivity index (χ0v) is 14.0. The summed E-state index contributed by atoms with van der Waals surface area (Å²) in [6.07, 6.45) is 4.53. The lowest BCUT2D eigenvalue weighted by Gasteiger charge is -2.28. The molecule has 0 N–H and O–H groups in total. The molecule has 5 rings (SSSR count). The van der Waals surface area contributed by atoms with Gasteiger partial charge in [0, 0.05) is 25.2 Å². The third-order valence-electron chi connectivity index (χ3n) is 5.53.